The molecule has 1 heterocycles. The highest BCUT2D eigenvalue weighted by Gasteiger charge is 1.86. The predicted octanol–water partition coefficient (Wildman–Crippen LogP) is 3.51. The zero-order valence-electron chi connectivity index (χ0n) is 10.2. The summed E-state index contributed by atoms with van der Waals surface area (Å²) in [6.07, 6.45) is 1.95. The van der Waals surface area contributed by atoms with E-state index >= 15 is 0 Å². The van der Waals surface area contributed by atoms with E-state index in [4.69, 9.17) is 5.11 Å². The minimum Gasteiger partial charge on any atom is -0.392 e. The lowest BCUT2D eigenvalue weighted by molar-refractivity contribution is 0.282. The average molecular weight is 242 g/mol. The first kappa shape index (κ1) is 14.0. The molecule has 18 heavy (non-hydrogen) atoms. The fourth-order valence-electron chi connectivity index (χ4n) is 1.58. The zero-order chi connectivity index (χ0) is 11.9. The van der Waals surface area contributed by atoms with Crippen LogP contribution in [0.3, 0.4) is 0 Å². The van der Waals surface area contributed by atoms with E-state index in [1.165, 1.54) is 10.9 Å². The number of rotatable bonds is 1. The summed E-state index contributed by atoms with van der Waals surface area (Å²) in [5, 5.41) is 9.81. The molecular formula is C15H18N2O. The largest absolute Gasteiger partial charge is 0.392 e. The Labute approximate surface area is 107 Å². The summed E-state index contributed by atoms with van der Waals surface area (Å²) in [5.41, 5.74) is 2.17. The Balaban J connectivity index is 0.000000172. The van der Waals surface area contributed by atoms with E-state index in [-0.39, 0.29) is 12.8 Å². The molecule has 0 atom stereocenters. The highest BCUT2D eigenvalue weighted by Crippen LogP contribution is 2.09. The smallest absolute Gasteiger partial charge is 0.0681 e. The van der Waals surface area contributed by atoms with Crippen molar-refractivity contribution in [2.24, 2.45) is 0 Å². The molecule has 1 aromatic heterocycles. The van der Waals surface area contributed by atoms with Crippen LogP contribution in [-0.4, -0.2) is 10.1 Å². The van der Waals surface area contributed by atoms with Crippen molar-refractivity contribution in [1.82, 2.24) is 11.1 Å². The molecule has 3 rings (SSSR count). The number of hydrogen-bond donors (Lipinski definition) is 3. The Morgan fingerprint density at radius 2 is 1.50 bits per heavy atom. The van der Waals surface area contributed by atoms with Crippen molar-refractivity contribution in [2.45, 2.75) is 6.61 Å². The summed E-state index contributed by atoms with van der Waals surface area (Å²) < 4.78 is 0. The van der Waals surface area contributed by atoms with Crippen molar-refractivity contribution < 1.29 is 5.11 Å². The molecule has 0 bridgehead atoms. The van der Waals surface area contributed by atoms with Crippen LogP contribution in [0.15, 0.2) is 66.9 Å². The van der Waals surface area contributed by atoms with Crippen LogP contribution < -0.4 is 6.15 Å². The maximum Gasteiger partial charge on any atom is 0.0681 e. The van der Waals surface area contributed by atoms with E-state index < -0.39 is 0 Å². The Hall–Kier alpha value is -2.10. The summed E-state index contributed by atoms with van der Waals surface area (Å²) >= 11 is 0. The van der Waals surface area contributed by atoms with Crippen LogP contribution in [0.4, 0.5) is 0 Å². The molecule has 0 aliphatic rings. The summed E-state index contributed by atoms with van der Waals surface area (Å²) in [7, 11) is 0. The van der Waals surface area contributed by atoms with Crippen LogP contribution in [0.1, 0.15) is 5.56 Å². The summed E-state index contributed by atoms with van der Waals surface area (Å²) in [5.74, 6) is 0. The lowest BCUT2D eigenvalue weighted by Gasteiger charge is -1.89. The van der Waals surface area contributed by atoms with Gasteiger partial charge in [0.15, 0.2) is 0 Å². The van der Waals surface area contributed by atoms with Crippen LogP contribution in [0.25, 0.3) is 10.9 Å². The van der Waals surface area contributed by atoms with Gasteiger partial charge in [0.1, 0.15) is 0 Å². The molecule has 3 nitrogen and oxygen atoms in total. The molecule has 5 N–H and O–H groups in total. The van der Waals surface area contributed by atoms with Gasteiger partial charge in [0.2, 0.25) is 0 Å². The predicted molar refractivity (Wildman–Crippen MR) is 75.7 cm³/mol. The van der Waals surface area contributed by atoms with E-state index in [1.807, 2.05) is 48.7 Å². The van der Waals surface area contributed by atoms with Gasteiger partial charge in [0.05, 0.1) is 6.61 Å². The summed E-state index contributed by atoms with van der Waals surface area (Å²) in [4.78, 5) is 3.12. The second-order valence-corrected chi connectivity index (χ2v) is 3.71. The van der Waals surface area contributed by atoms with E-state index in [0.29, 0.717) is 0 Å². The van der Waals surface area contributed by atoms with Gasteiger partial charge in [-0.25, -0.2) is 0 Å². The maximum atomic E-state index is 8.54. The molecule has 94 valence electrons. The van der Waals surface area contributed by atoms with Gasteiger partial charge in [-0.1, -0.05) is 48.5 Å². The Bertz CT molecular complexity index is 531. The minimum absolute atomic E-state index is 0. The first-order chi connectivity index (χ1) is 8.40. The van der Waals surface area contributed by atoms with Gasteiger partial charge in [0.25, 0.3) is 0 Å². The molecule has 0 aliphatic carbocycles. The third-order valence-electron chi connectivity index (χ3n) is 2.49. The molecule has 0 unspecified atom stereocenters. The highest BCUT2D eigenvalue weighted by molar-refractivity contribution is 5.78. The molecule has 0 radical (unpaired) electrons. The second kappa shape index (κ2) is 7.27. The highest BCUT2D eigenvalue weighted by atomic mass is 16.3. The van der Waals surface area contributed by atoms with Gasteiger partial charge in [0, 0.05) is 11.7 Å². The first-order valence-electron chi connectivity index (χ1n) is 5.57. The number of fused-ring (bicyclic) bond motifs is 1. The fraction of sp³-hybridized carbons (Fsp3) is 0.0667. The quantitative estimate of drug-likeness (QED) is 0.611. The van der Waals surface area contributed by atoms with Crippen molar-refractivity contribution in [2.75, 3.05) is 0 Å². The molecule has 0 fully saturated rings. The van der Waals surface area contributed by atoms with Crippen molar-refractivity contribution in [3.63, 3.8) is 0 Å². The number of aliphatic hydroxyl groups excluding tert-OH is 1. The van der Waals surface area contributed by atoms with Crippen LogP contribution >= 0.6 is 0 Å². The standard InChI is InChI=1S/C8H7N.C7H8O.H3N/c1-2-4-8-7(3-1)5-6-9-8;8-6-7-4-2-1-3-5-7;/h1-6,9H;1-5,8H,6H2;1H3. The number of nitrogens with one attached hydrogen (secondary N) is 1. The SMILES string of the molecule is N.OCc1ccccc1.c1ccc2[nH]ccc2c1. The van der Waals surface area contributed by atoms with E-state index in [0.717, 1.165) is 5.56 Å². The number of aliphatic hydroxyl groups is 1. The molecule has 0 saturated heterocycles. The number of H-pyrrole nitrogens is 1. The van der Waals surface area contributed by atoms with Crippen molar-refractivity contribution in [1.29, 1.82) is 0 Å². The maximum absolute atomic E-state index is 8.54. The van der Waals surface area contributed by atoms with Gasteiger partial charge >= 0.3 is 0 Å². The van der Waals surface area contributed by atoms with Crippen LogP contribution in [0.5, 0.6) is 0 Å². The van der Waals surface area contributed by atoms with Gasteiger partial charge in [-0.15, -0.1) is 0 Å². The average Bonchev–Trinajstić information content (AvgIpc) is 2.89. The molecule has 3 aromatic rings. The van der Waals surface area contributed by atoms with Crippen molar-refractivity contribution >= 4 is 10.9 Å². The van der Waals surface area contributed by atoms with Crippen molar-refractivity contribution in [3.8, 4) is 0 Å². The molecular weight excluding hydrogens is 224 g/mol. The first-order valence-corrected chi connectivity index (χ1v) is 5.57. The number of aromatic amines is 1. The Morgan fingerprint density at radius 1 is 0.833 bits per heavy atom. The Kier molecular flexibility index (Phi) is 5.64. The summed E-state index contributed by atoms with van der Waals surface area (Å²) in [6, 6.07) is 19.8. The van der Waals surface area contributed by atoms with E-state index in [1.54, 1.807) is 0 Å². The molecule has 0 aliphatic heterocycles. The van der Waals surface area contributed by atoms with Crippen molar-refractivity contribution in [3.05, 3.63) is 72.4 Å². The second-order valence-electron chi connectivity index (χ2n) is 3.71. The van der Waals surface area contributed by atoms with Gasteiger partial charge in [-0.3, -0.25) is 0 Å². The normalized spacial score (nSPS) is 9.17. The monoisotopic (exact) mass is 242 g/mol. The molecule has 3 heteroatoms. The van der Waals surface area contributed by atoms with E-state index in [9.17, 15) is 0 Å². The topological polar surface area (TPSA) is 71.0 Å². The molecule has 2 aromatic carbocycles. The number of para-hydroxylation sites is 1. The number of aromatic nitrogens is 1. The molecule has 0 saturated carbocycles. The third kappa shape index (κ3) is 3.73. The van der Waals surface area contributed by atoms with E-state index in [2.05, 4.69) is 23.2 Å². The van der Waals surface area contributed by atoms with Gasteiger partial charge < -0.3 is 16.2 Å². The van der Waals surface area contributed by atoms with Crippen LogP contribution in [0.2, 0.25) is 0 Å². The minimum atomic E-state index is 0. The molecule has 0 spiro atoms. The summed E-state index contributed by atoms with van der Waals surface area (Å²) in [6.45, 7) is 0.140. The third-order valence-corrected chi connectivity index (χ3v) is 2.49. The zero-order valence-corrected chi connectivity index (χ0v) is 10.2. The number of hydrogen-bond acceptors (Lipinski definition) is 2. The lowest BCUT2D eigenvalue weighted by atomic mass is 10.2. The Morgan fingerprint density at radius 3 is 2.11 bits per heavy atom. The van der Waals surface area contributed by atoms with Crippen LogP contribution in [0, 0.1) is 0 Å². The number of benzene rings is 2. The van der Waals surface area contributed by atoms with Gasteiger partial charge in [-0.2, -0.15) is 0 Å². The molecule has 0 amide bonds. The van der Waals surface area contributed by atoms with Gasteiger partial charge in [-0.05, 0) is 23.1 Å². The lowest BCUT2D eigenvalue weighted by Crippen LogP contribution is -1.77. The fourth-order valence-corrected chi connectivity index (χ4v) is 1.58. The van der Waals surface area contributed by atoms with Crippen LogP contribution in [-0.2, 0) is 6.61 Å².